The van der Waals surface area contributed by atoms with Gasteiger partial charge in [0.2, 0.25) is 0 Å². The molecule has 1 aliphatic heterocycles. The molecule has 1 fully saturated rings. The lowest BCUT2D eigenvalue weighted by molar-refractivity contribution is 0.183. The number of rotatable bonds is 5. The molecular formula is C15H24N2O. The van der Waals surface area contributed by atoms with Gasteiger partial charge in [0.05, 0.1) is 13.2 Å². The minimum absolute atomic E-state index is 0.488. The largest absolute Gasteiger partial charge is 0.379 e. The molecule has 0 aromatic heterocycles. The van der Waals surface area contributed by atoms with Crippen molar-refractivity contribution in [2.45, 2.75) is 19.4 Å². The van der Waals surface area contributed by atoms with Gasteiger partial charge >= 0.3 is 0 Å². The molecule has 0 aliphatic carbocycles. The maximum atomic E-state index is 5.54. The Morgan fingerprint density at radius 2 is 2.00 bits per heavy atom. The summed E-state index contributed by atoms with van der Waals surface area (Å²) < 4.78 is 5.54. The van der Waals surface area contributed by atoms with Crippen molar-refractivity contribution in [1.82, 2.24) is 5.32 Å². The normalized spacial score (nSPS) is 23.3. The summed E-state index contributed by atoms with van der Waals surface area (Å²) in [6, 6.07) is 9.34. The maximum absolute atomic E-state index is 5.54. The number of ether oxygens (including phenoxy) is 1. The molecule has 1 N–H and O–H groups in total. The first-order valence-corrected chi connectivity index (χ1v) is 6.79. The van der Waals surface area contributed by atoms with E-state index in [-0.39, 0.29) is 0 Å². The van der Waals surface area contributed by atoms with E-state index >= 15 is 0 Å². The number of nitrogens with one attached hydrogen (secondary N) is 1. The van der Waals surface area contributed by atoms with Gasteiger partial charge in [-0.25, -0.2) is 0 Å². The van der Waals surface area contributed by atoms with E-state index in [1.807, 2.05) is 7.05 Å². The molecular weight excluding hydrogens is 224 g/mol. The number of aryl methyl sites for hydroxylation is 1. The number of likely N-dealkylation sites (N-methyl/N-ethyl adjacent to an activating group) is 1. The van der Waals surface area contributed by atoms with Gasteiger partial charge in [0.25, 0.3) is 0 Å². The average molecular weight is 248 g/mol. The van der Waals surface area contributed by atoms with Crippen LogP contribution in [0, 0.1) is 5.92 Å². The van der Waals surface area contributed by atoms with E-state index in [1.54, 1.807) is 0 Å². The highest BCUT2D eigenvalue weighted by molar-refractivity contribution is 5.47. The highest BCUT2D eigenvalue weighted by Crippen LogP contribution is 2.19. The average Bonchev–Trinajstić information content (AvgIpc) is 2.86. The van der Waals surface area contributed by atoms with Gasteiger partial charge < -0.3 is 15.0 Å². The molecule has 0 saturated carbocycles. The Morgan fingerprint density at radius 3 is 2.61 bits per heavy atom. The van der Waals surface area contributed by atoms with Crippen molar-refractivity contribution in [2.75, 3.05) is 38.8 Å². The van der Waals surface area contributed by atoms with E-state index in [1.165, 1.54) is 11.3 Å². The predicted molar refractivity (Wildman–Crippen MR) is 76.2 cm³/mol. The summed E-state index contributed by atoms with van der Waals surface area (Å²) in [5, 5.41) is 3.34. The molecule has 100 valence electrons. The van der Waals surface area contributed by atoms with Crippen molar-refractivity contribution >= 4 is 5.69 Å². The molecule has 1 saturated heterocycles. The van der Waals surface area contributed by atoms with Gasteiger partial charge in [-0.15, -0.1) is 0 Å². The zero-order valence-electron chi connectivity index (χ0n) is 11.6. The van der Waals surface area contributed by atoms with Gasteiger partial charge in [0.15, 0.2) is 0 Å². The molecule has 0 amide bonds. The first kappa shape index (κ1) is 13.4. The third-order valence-corrected chi connectivity index (χ3v) is 3.86. The fourth-order valence-electron chi connectivity index (χ4n) is 2.54. The lowest BCUT2D eigenvalue weighted by Crippen LogP contribution is -2.39. The van der Waals surface area contributed by atoms with Gasteiger partial charge in [-0.2, -0.15) is 0 Å². The first-order valence-electron chi connectivity index (χ1n) is 6.79. The Kier molecular flexibility index (Phi) is 4.61. The fourth-order valence-corrected chi connectivity index (χ4v) is 2.54. The minimum atomic E-state index is 0.488. The van der Waals surface area contributed by atoms with Crippen LogP contribution in [0.15, 0.2) is 24.3 Å². The second-order valence-corrected chi connectivity index (χ2v) is 5.09. The van der Waals surface area contributed by atoms with Gasteiger partial charge in [-0.3, -0.25) is 0 Å². The van der Waals surface area contributed by atoms with Crippen LogP contribution in [0.1, 0.15) is 12.5 Å². The van der Waals surface area contributed by atoms with Gasteiger partial charge in [0.1, 0.15) is 0 Å². The van der Waals surface area contributed by atoms with Crippen LogP contribution < -0.4 is 10.2 Å². The van der Waals surface area contributed by atoms with E-state index in [4.69, 9.17) is 4.74 Å². The summed E-state index contributed by atoms with van der Waals surface area (Å²) in [6.07, 6.45) is 1.10. The van der Waals surface area contributed by atoms with Crippen molar-refractivity contribution in [2.24, 2.45) is 5.92 Å². The van der Waals surface area contributed by atoms with Crippen molar-refractivity contribution in [3.05, 3.63) is 29.8 Å². The number of benzene rings is 1. The van der Waals surface area contributed by atoms with E-state index in [9.17, 15) is 0 Å². The summed E-state index contributed by atoms with van der Waals surface area (Å²) in [4.78, 5) is 2.32. The Labute approximate surface area is 110 Å². The van der Waals surface area contributed by atoms with Crippen LogP contribution in [0.5, 0.6) is 0 Å². The number of hydrogen-bond donors (Lipinski definition) is 1. The lowest BCUT2D eigenvalue weighted by atomic mass is 10.0. The molecule has 2 rings (SSSR count). The molecule has 1 aromatic carbocycles. The molecule has 1 aromatic rings. The summed E-state index contributed by atoms with van der Waals surface area (Å²) >= 11 is 0. The molecule has 0 spiro atoms. The van der Waals surface area contributed by atoms with Crippen LogP contribution in [0.3, 0.4) is 0 Å². The molecule has 1 heterocycles. The van der Waals surface area contributed by atoms with Crippen LogP contribution in [-0.4, -0.2) is 39.9 Å². The quantitative estimate of drug-likeness (QED) is 0.861. The summed E-state index contributed by atoms with van der Waals surface area (Å²) in [5.41, 5.74) is 2.68. The Balaban J connectivity index is 1.95. The van der Waals surface area contributed by atoms with E-state index < -0.39 is 0 Å². The summed E-state index contributed by atoms with van der Waals surface area (Å²) in [6.45, 7) is 4.93. The predicted octanol–water partition coefficient (Wildman–Crippen LogP) is 1.92. The highest BCUT2D eigenvalue weighted by Gasteiger charge is 2.27. The van der Waals surface area contributed by atoms with Crippen LogP contribution in [0.25, 0.3) is 0 Å². The third kappa shape index (κ3) is 3.03. The molecule has 0 radical (unpaired) electrons. The van der Waals surface area contributed by atoms with Crippen molar-refractivity contribution in [3.63, 3.8) is 0 Å². The van der Waals surface area contributed by atoms with Crippen LogP contribution in [0.2, 0.25) is 0 Å². The first-order chi connectivity index (χ1) is 8.74. The zero-order chi connectivity index (χ0) is 13.0. The number of nitrogens with zero attached hydrogens (tertiary/aromatic N) is 1. The molecule has 1 aliphatic rings. The molecule has 2 unspecified atom stereocenters. The van der Waals surface area contributed by atoms with E-state index in [2.05, 4.69) is 48.5 Å². The van der Waals surface area contributed by atoms with Gasteiger partial charge in [-0.1, -0.05) is 19.1 Å². The van der Waals surface area contributed by atoms with Crippen LogP contribution >= 0.6 is 0 Å². The standard InChI is InChI=1S/C15H24N2O/c1-4-12-5-7-14(8-6-12)17(3)9-13-10-18-11-15(13)16-2/h5-8,13,15-16H,4,9-11H2,1-3H3. The SMILES string of the molecule is CCc1ccc(N(C)CC2COCC2NC)cc1. The lowest BCUT2D eigenvalue weighted by Gasteiger charge is -2.25. The summed E-state index contributed by atoms with van der Waals surface area (Å²) in [5.74, 6) is 0.575. The zero-order valence-corrected chi connectivity index (χ0v) is 11.6. The molecule has 2 atom stereocenters. The Bertz CT molecular complexity index is 363. The number of hydrogen-bond acceptors (Lipinski definition) is 3. The second-order valence-electron chi connectivity index (χ2n) is 5.09. The fraction of sp³-hybridized carbons (Fsp3) is 0.600. The Morgan fingerprint density at radius 1 is 1.28 bits per heavy atom. The third-order valence-electron chi connectivity index (χ3n) is 3.86. The van der Waals surface area contributed by atoms with Crippen molar-refractivity contribution in [3.8, 4) is 0 Å². The number of anilines is 1. The molecule has 0 bridgehead atoms. The van der Waals surface area contributed by atoms with E-state index in [0.717, 1.165) is 26.2 Å². The van der Waals surface area contributed by atoms with E-state index in [0.29, 0.717) is 12.0 Å². The maximum Gasteiger partial charge on any atom is 0.0623 e. The minimum Gasteiger partial charge on any atom is -0.379 e. The molecule has 18 heavy (non-hydrogen) atoms. The van der Waals surface area contributed by atoms with Crippen LogP contribution in [-0.2, 0) is 11.2 Å². The van der Waals surface area contributed by atoms with Gasteiger partial charge in [0, 0.05) is 31.2 Å². The smallest absolute Gasteiger partial charge is 0.0623 e. The Hall–Kier alpha value is -1.06. The molecule has 3 heteroatoms. The topological polar surface area (TPSA) is 24.5 Å². The van der Waals surface area contributed by atoms with Crippen molar-refractivity contribution < 1.29 is 4.74 Å². The summed E-state index contributed by atoms with van der Waals surface area (Å²) in [7, 11) is 4.17. The molecule has 3 nitrogen and oxygen atoms in total. The monoisotopic (exact) mass is 248 g/mol. The van der Waals surface area contributed by atoms with Crippen molar-refractivity contribution in [1.29, 1.82) is 0 Å². The van der Waals surface area contributed by atoms with Gasteiger partial charge in [-0.05, 0) is 31.2 Å². The highest BCUT2D eigenvalue weighted by atomic mass is 16.5. The second kappa shape index (κ2) is 6.21. The van der Waals surface area contributed by atoms with Crippen LogP contribution in [0.4, 0.5) is 5.69 Å².